The van der Waals surface area contributed by atoms with Gasteiger partial charge in [0, 0.05) is 25.4 Å². The number of hydrogen-bond donors (Lipinski definition) is 1. The lowest BCUT2D eigenvalue weighted by molar-refractivity contribution is 0.612. The van der Waals surface area contributed by atoms with Crippen LogP contribution in [-0.2, 0) is 20.0 Å². The lowest BCUT2D eigenvalue weighted by atomic mass is 10.1. The van der Waals surface area contributed by atoms with Crippen molar-refractivity contribution < 1.29 is 4.39 Å². The number of nitriles is 1. The summed E-state index contributed by atoms with van der Waals surface area (Å²) >= 11 is 0. The number of benzene rings is 1. The first-order chi connectivity index (χ1) is 9.13. The van der Waals surface area contributed by atoms with Crippen molar-refractivity contribution in [2.24, 2.45) is 7.05 Å². The van der Waals surface area contributed by atoms with Crippen molar-refractivity contribution in [3.63, 3.8) is 0 Å². The summed E-state index contributed by atoms with van der Waals surface area (Å²) in [4.78, 5) is 0. The predicted molar refractivity (Wildman–Crippen MR) is 71.0 cm³/mol. The molecule has 19 heavy (non-hydrogen) atoms. The molecule has 98 valence electrons. The number of aryl methyl sites for hydroxylation is 2. The fourth-order valence-electron chi connectivity index (χ4n) is 1.89. The third-order valence-corrected chi connectivity index (χ3v) is 2.89. The first kappa shape index (κ1) is 13.1. The largest absolute Gasteiger partial charge is 0.378 e. The standard InChI is InChI=1S/C14H15FN4/c1-3-13-14(9-19(2)18-13)17-8-11-5-4-10(7-16)6-12(11)15/h4-6,9,17H,3,8H2,1-2H3. The zero-order valence-electron chi connectivity index (χ0n) is 10.9. The van der Waals surface area contributed by atoms with E-state index in [4.69, 9.17) is 5.26 Å². The maximum atomic E-state index is 13.7. The Hall–Kier alpha value is -2.35. The van der Waals surface area contributed by atoms with Gasteiger partial charge in [-0.1, -0.05) is 13.0 Å². The summed E-state index contributed by atoms with van der Waals surface area (Å²) in [5, 5.41) is 16.2. The monoisotopic (exact) mass is 258 g/mol. The van der Waals surface area contributed by atoms with Crippen molar-refractivity contribution in [2.75, 3.05) is 5.32 Å². The van der Waals surface area contributed by atoms with E-state index in [0.29, 0.717) is 17.7 Å². The molecule has 0 saturated heterocycles. The highest BCUT2D eigenvalue weighted by Crippen LogP contribution is 2.16. The summed E-state index contributed by atoms with van der Waals surface area (Å²) in [6.07, 6.45) is 2.69. The number of nitrogens with one attached hydrogen (secondary N) is 1. The van der Waals surface area contributed by atoms with Gasteiger partial charge in [-0.3, -0.25) is 4.68 Å². The fraction of sp³-hybridized carbons (Fsp3) is 0.286. The van der Waals surface area contributed by atoms with Gasteiger partial charge >= 0.3 is 0 Å². The third-order valence-electron chi connectivity index (χ3n) is 2.89. The Kier molecular flexibility index (Phi) is 3.81. The minimum atomic E-state index is -0.367. The second-order valence-corrected chi connectivity index (χ2v) is 4.29. The Morgan fingerprint density at radius 1 is 1.47 bits per heavy atom. The molecule has 1 heterocycles. The molecule has 1 N–H and O–H groups in total. The van der Waals surface area contributed by atoms with Crippen LogP contribution in [0.1, 0.15) is 23.7 Å². The molecule has 0 spiro atoms. The smallest absolute Gasteiger partial charge is 0.129 e. The highest BCUT2D eigenvalue weighted by molar-refractivity contribution is 5.47. The average Bonchev–Trinajstić information content (AvgIpc) is 2.77. The maximum Gasteiger partial charge on any atom is 0.129 e. The van der Waals surface area contributed by atoms with Gasteiger partial charge < -0.3 is 5.32 Å². The zero-order valence-corrected chi connectivity index (χ0v) is 10.9. The summed E-state index contributed by atoms with van der Waals surface area (Å²) in [5.74, 6) is -0.367. The molecule has 0 aliphatic carbocycles. The molecule has 0 amide bonds. The Balaban J connectivity index is 2.12. The summed E-state index contributed by atoms with van der Waals surface area (Å²) in [5.41, 5.74) is 2.73. The molecule has 0 fully saturated rings. The van der Waals surface area contributed by atoms with Gasteiger partial charge in [0.15, 0.2) is 0 Å². The second-order valence-electron chi connectivity index (χ2n) is 4.29. The van der Waals surface area contributed by atoms with Gasteiger partial charge in [0.1, 0.15) is 5.82 Å². The molecule has 0 saturated carbocycles. The van der Waals surface area contributed by atoms with Gasteiger partial charge in [0.2, 0.25) is 0 Å². The van der Waals surface area contributed by atoms with Crippen LogP contribution in [0.15, 0.2) is 24.4 Å². The molecule has 0 bridgehead atoms. The number of nitrogens with zero attached hydrogens (tertiary/aromatic N) is 3. The molecule has 0 atom stereocenters. The van der Waals surface area contributed by atoms with Gasteiger partial charge in [-0.05, 0) is 18.6 Å². The molecule has 0 aliphatic heterocycles. The normalized spacial score (nSPS) is 10.2. The van der Waals surface area contributed by atoms with E-state index in [2.05, 4.69) is 10.4 Å². The van der Waals surface area contributed by atoms with Crippen molar-refractivity contribution in [3.8, 4) is 6.07 Å². The molecule has 0 aliphatic rings. The highest BCUT2D eigenvalue weighted by atomic mass is 19.1. The van der Waals surface area contributed by atoms with Crippen molar-refractivity contribution in [2.45, 2.75) is 19.9 Å². The molecule has 1 aromatic heterocycles. The number of rotatable bonds is 4. The molecular weight excluding hydrogens is 243 g/mol. The Labute approximate surface area is 111 Å². The van der Waals surface area contributed by atoms with Crippen LogP contribution in [0.25, 0.3) is 0 Å². The van der Waals surface area contributed by atoms with Gasteiger partial charge in [-0.25, -0.2) is 4.39 Å². The van der Waals surface area contributed by atoms with Crippen LogP contribution < -0.4 is 5.32 Å². The fourth-order valence-corrected chi connectivity index (χ4v) is 1.89. The van der Waals surface area contributed by atoms with E-state index in [0.717, 1.165) is 17.8 Å². The number of hydrogen-bond acceptors (Lipinski definition) is 3. The van der Waals surface area contributed by atoms with Gasteiger partial charge in [-0.15, -0.1) is 0 Å². The lowest BCUT2D eigenvalue weighted by Gasteiger charge is -2.07. The van der Waals surface area contributed by atoms with Gasteiger partial charge in [0.05, 0.1) is 23.0 Å². The van der Waals surface area contributed by atoms with Crippen molar-refractivity contribution >= 4 is 5.69 Å². The summed E-state index contributed by atoms with van der Waals surface area (Å²) < 4.78 is 15.4. The molecule has 0 radical (unpaired) electrons. The topological polar surface area (TPSA) is 53.6 Å². The van der Waals surface area contributed by atoms with Crippen LogP contribution in [0.2, 0.25) is 0 Å². The number of anilines is 1. The third kappa shape index (κ3) is 2.91. The molecule has 2 aromatic rings. The summed E-state index contributed by atoms with van der Waals surface area (Å²) in [6.45, 7) is 2.39. The quantitative estimate of drug-likeness (QED) is 0.917. The van der Waals surface area contributed by atoms with E-state index >= 15 is 0 Å². The maximum absolute atomic E-state index is 13.7. The molecule has 2 rings (SSSR count). The first-order valence-corrected chi connectivity index (χ1v) is 6.09. The molecular formula is C14H15FN4. The van der Waals surface area contributed by atoms with Crippen LogP contribution in [0, 0.1) is 17.1 Å². The molecule has 5 heteroatoms. The van der Waals surface area contributed by atoms with Crippen molar-refractivity contribution in [1.29, 1.82) is 5.26 Å². The van der Waals surface area contributed by atoms with E-state index in [1.807, 2.05) is 26.2 Å². The number of aromatic nitrogens is 2. The average molecular weight is 258 g/mol. The van der Waals surface area contributed by atoms with Crippen LogP contribution in [-0.4, -0.2) is 9.78 Å². The highest BCUT2D eigenvalue weighted by Gasteiger charge is 2.07. The van der Waals surface area contributed by atoms with Crippen molar-refractivity contribution in [1.82, 2.24) is 9.78 Å². The van der Waals surface area contributed by atoms with Gasteiger partial charge in [-0.2, -0.15) is 10.4 Å². The van der Waals surface area contributed by atoms with E-state index in [1.165, 1.54) is 6.07 Å². The molecule has 0 unspecified atom stereocenters. The second kappa shape index (κ2) is 5.53. The SMILES string of the molecule is CCc1nn(C)cc1NCc1ccc(C#N)cc1F. The van der Waals surface area contributed by atoms with Crippen LogP contribution >= 0.6 is 0 Å². The van der Waals surface area contributed by atoms with Gasteiger partial charge in [0.25, 0.3) is 0 Å². The minimum Gasteiger partial charge on any atom is -0.378 e. The van der Waals surface area contributed by atoms with Crippen LogP contribution in [0.3, 0.4) is 0 Å². The summed E-state index contributed by atoms with van der Waals surface area (Å²) in [6, 6.07) is 6.41. The Morgan fingerprint density at radius 3 is 2.89 bits per heavy atom. The van der Waals surface area contributed by atoms with Crippen molar-refractivity contribution in [3.05, 3.63) is 47.0 Å². The lowest BCUT2D eigenvalue weighted by Crippen LogP contribution is -2.03. The number of halogens is 1. The predicted octanol–water partition coefficient (Wildman–Crippen LogP) is 2.61. The molecule has 4 nitrogen and oxygen atoms in total. The minimum absolute atomic E-state index is 0.330. The van der Waals surface area contributed by atoms with Crippen LogP contribution in [0.4, 0.5) is 10.1 Å². The molecule has 1 aromatic carbocycles. The first-order valence-electron chi connectivity index (χ1n) is 6.09. The van der Waals surface area contributed by atoms with Crippen LogP contribution in [0.5, 0.6) is 0 Å². The Morgan fingerprint density at radius 2 is 2.26 bits per heavy atom. The van der Waals surface area contributed by atoms with E-state index in [-0.39, 0.29) is 5.82 Å². The van der Waals surface area contributed by atoms with E-state index < -0.39 is 0 Å². The zero-order chi connectivity index (χ0) is 13.8. The summed E-state index contributed by atoms with van der Waals surface area (Å²) in [7, 11) is 1.85. The van der Waals surface area contributed by atoms with E-state index in [1.54, 1.807) is 16.8 Å². The van der Waals surface area contributed by atoms with E-state index in [9.17, 15) is 4.39 Å². The Bertz CT molecular complexity index is 625.